The van der Waals surface area contributed by atoms with Crippen LogP contribution in [0, 0.1) is 0 Å². The lowest BCUT2D eigenvalue weighted by Crippen LogP contribution is -2.28. The fourth-order valence-electron chi connectivity index (χ4n) is 3.01. The Morgan fingerprint density at radius 3 is 2.67 bits per heavy atom. The van der Waals surface area contributed by atoms with Gasteiger partial charge in [-0.25, -0.2) is 4.98 Å². The zero-order valence-electron chi connectivity index (χ0n) is 12.1. The van der Waals surface area contributed by atoms with Crippen LogP contribution in [-0.4, -0.2) is 34.1 Å². The fraction of sp³-hybridized carbons (Fsp3) is 0.500. The summed E-state index contributed by atoms with van der Waals surface area (Å²) in [4.78, 5) is 19.6. The van der Waals surface area contributed by atoms with Crippen LogP contribution in [0.25, 0.3) is 10.9 Å². The number of para-hydroxylation sites is 1. The van der Waals surface area contributed by atoms with Crippen LogP contribution in [-0.2, 0) is 12.4 Å². The Labute approximate surface area is 129 Å². The number of fused-ring (bicyclic) bond motifs is 1. The molecule has 0 N–H and O–H groups in total. The van der Waals surface area contributed by atoms with Gasteiger partial charge in [0.15, 0.2) is 0 Å². The molecule has 2 heterocycles. The average Bonchev–Trinajstić information content (AvgIpc) is 3.02. The van der Waals surface area contributed by atoms with E-state index in [1.807, 2.05) is 24.3 Å². The lowest BCUT2D eigenvalue weighted by atomic mass is 10.2. The van der Waals surface area contributed by atoms with Gasteiger partial charge >= 0.3 is 0 Å². The number of alkyl halides is 1. The first-order valence-corrected chi connectivity index (χ1v) is 8.10. The van der Waals surface area contributed by atoms with Crippen LogP contribution in [0.1, 0.15) is 25.1 Å². The van der Waals surface area contributed by atoms with Crippen molar-refractivity contribution in [2.24, 2.45) is 0 Å². The standard InChI is InChI=1S/C16H20ClN3O/c17-12-15-18-14-7-2-1-6-13(14)16(21)20(15)11-5-10-19-8-3-4-9-19/h1-2,6-7H,3-5,8-12H2. The van der Waals surface area contributed by atoms with Crippen LogP contribution in [0.2, 0.25) is 0 Å². The van der Waals surface area contributed by atoms with E-state index in [-0.39, 0.29) is 11.4 Å². The third-order valence-electron chi connectivity index (χ3n) is 4.11. The fourth-order valence-corrected chi connectivity index (χ4v) is 3.21. The summed E-state index contributed by atoms with van der Waals surface area (Å²) in [5.41, 5.74) is 0.756. The molecule has 3 rings (SSSR count). The number of benzene rings is 1. The number of hydrogen-bond donors (Lipinski definition) is 0. The number of aromatic nitrogens is 2. The van der Waals surface area contributed by atoms with E-state index in [0.29, 0.717) is 17.8 Å². The van der Waals surface area contributed by atoms with Crippen molar-refractivity contribution in [1.82, 2.24) is 14.5 Å². The number of likely N-dealkylation sites (tertiary alicyclic amines) is 1. The minimum Gasteiger partial charge on any atom is -0.303 e. The van der Waals surface area contributed by atoms with Crippen molar-refractivity contribution in [3.05, 3.63) is 40.4 Å². The van der Waals surface area contributed by atoms with Gasteiger partial charge in [0, 0.05) is 6.54 Å². The second-order valence-electron chi connectivity index (χ2n) is 5.54. The molecule has 0 saturated carbocycles. The molecular weight excluding hydrogens is 286 g/mol. The number of halogens is 1. The van der Waals surface area contributed by atoms with E-state index in [1.165, 1.54) is 25.9 Å². The van der Waals surface area contributed by atoms with Crippen molar-refractivity contribution < 1.29 is 0 Å². The van der Waals surface area contributed by atoms with Crippen LogP contribution in [0.15, 0.2) is 29.1 Å². The van der Waals surface area contributed by atoms with Gasteiger partial charge in [-0.05, 0) is 51.0 Å². The van der Waals surface area contributed by atoms with E-state index in [0.717, 1.165) is 18.5 Å². The smallest absolute Gasteiger partial charge is 0.261 e. The normalized spacial score (nSPS) is 15.9. The summed E-state index contributed by atoms with van der Waals surface area (Å²) in [5.74, 6) is 0.936. The zero-order chi connectivity index (χ0) is 14.7. The highest BCUT2D eigenvalue weighted by Gasteiger charge is 2.13. The SMILES string of the molecule is O=c1c2ccccc2nc(CCl)n1CCCN1CCCC1. The van der Waals surface area contributed by atoms with Gasteiger partial charge < -0.3 is 4.90 Å². The minimum atomic E-state index is 0.0256. The summed E-state index contributed by atoms with van der Waals surface area (Å²) in [7, 11) is 0. The summed E-state index contributed by atoms with van der Waals surface area (Å²) in [6, 6.07) is 7.46. The number of nitrogens with zero attached hydrogens (tertiary/aromatic N) is 3. The molecule has 5 heteroatoms. The molecule has 1 fully saturated rings. The highest BCUT2D eigenvalue weighted by atomic mass is 35.5. The monoisotopic (exact) mass is 305 g/mol. The Balaban J connectivity index is 1.82. The Hall–Kier alpha value is -1.39. The van der Waals surface area contributed by atoms with Gasteiger partial charge in [-0.15, -0.1) is 11.6 Å². The topological polar surface area (TPSA) is 38.1 Å². The Bertz CT molecular complexity index is 677. The van der Waals surface area contributed by atoms with Crippen molar-refractivity contribution in [3.8, 4) is 0 Å². The third-order valence-corrected chi connectivity index (χ3v) is 4.35. The van der Waals surface area contributed by atoms with Gasteiger partial charge in [-0.3, -0.25) is 9.36 Å². The average molecular weight is 306 g/mol. The molecule has 4 nitrogen and oxygen atoms in total. The number of hydrogen-bond acceptors (Lipinski definition) is 3. The molecule has 1 aromatic heterocycles. The highest BCUT2D eigenvalue weighted by molar-refractivity contribution is 6.16. The minimum absolute atomic E-state index is 0.0256. The van der Waals surface area contributed by atoms with Crippen LogP contribution in [0.4, 0.5) is 0 Å². The van der Waals surface area contributed by atoms with Gasteiger partial charge in [0.25, 0.3) is 5.56 Å². The maximum absolute atomic E-state index is 12.6. The first-order chi connectivity index (χ1) is 10.3. The van der Waals surface area contributed by atoms with Crippen LogP contribution >= 0.6 is 11.6 Å². The van der Waals surface area contributed by atoms with Crippen molar-refractivity contribution in [3.63, 3.8) is 0 Å². The van der Waals surface area contributed by atoms with Crippen LogP contribution in [0.5, 0.6) is 0 Å². The predicted octanol–water partition coefficient (Wildman–Crippen LogP) is 2.62. The lowest BCUT2D eigenvalue weighted by Gasteiger charge is -2.16. The first-order valence-electron chi connectivity index (χ1n) is 7.56. The van der Waals surface area contributed by atoms with E-state index in [9.17, 15) is 4.79 Å². The van der Waals surface area contributed by atoms with Gasteiger partial charge in [0.05, 0.1) is 16.8 Å². The summed E-state index contributed by atoms with van der Waals surface area (Å²) in [5, 5.41) is 0.674. The molecule has 1 aromatic carbocycles. The highest BCUT2D eigenvalue weighted by Crippen LogP contribution is 2.11. The molecule has 2 aromatic rings. The molecule has 0 spiro atoms. The Kier molecular flexibility index (Phi) is 4.56. The molecule has 0 aliphatic carbocycles. The molecule has 1 saturated heterocycles. The van der Waals surface area contributed by atoms with Gasteiger partial charge in [-0.1, -0.05) is 12.1 Å². The van der Waals surface area contributed by atoms with Crippen molar-refractivity contribution in [2.45, 2.75) is 31.7 Å². The predicted molar refractivity (Wildman–Crippen MR) is 85.9 cm³/mol. The van der Waals surface area contributed by atoms with E-state index >= 15 is 0 Å². The quantitative estimate of drug-likeness (QED) is 0.797. The van der Waals surface area contributed by atoms with Crippen molar-refractivity contribution in [2.75, 3.05) is 19.6 Å². The van der Waals surface area contributed by atoms with Gasteiger partial charge in [0.1, 0.15) is 5.82 Å². The molecule has 0 amide bonds. The zero-order valence-corrected chi connectivity index (χ0v) is 12.9. The first kappa shape index (κ1) is 14.5. The second kappa shape index (κ2) is 6.58. The largest absolute Gasteiger partial charge is 0.303 e. The summed E-state index contributed by atoms with van der Waals surface area (Å²) < 4.78 is 1.74. The summed E-state index contributed by atoms with van der Waals surface area (Å²) >= 11 is 5.98. The summed E-state index contributed by atoms with van der Waals surface area (Å²) in [6.07, 6.45) is 3.55. The molecule has 1 aliphatic rings. The molecule has 0 unspecified atom stereocenters. The van der Waals surface area contributed by atoms with Crippen LogP contribution in [0.3, 0.4) is 0 Å². The maximum atomic E-state index is 12.6. The molecule has 0 bridgehead atoms. The van der Waals surface area contributed by atoms with E-state index < -0.39 is 0 Å². The maximum Gasteiger partial charge on any atom is 0.261 e. The summed E-state index contributed by atoms with van der Waals surface area (Å²) in [6.45, 7) is 4.11. The van der Waals surface area contributed by atoms with E-state index in [1.54, 1.807) is 4.57 Å². The third kappa shape index (κ3) is 3.11. The molecule has 0 atom stereocenters. The number of rotatable bonds is 5. The van der Waals surface area contributed by atoms with Crippen molar-refractivity contribution in [1.29, 1.82) is 0 Å². The van der Waals surface area contributed by atoms with Gasteiger partial charge in [0.2, 0.25) is 0 Å². The molecule has 0 radical (unpaired) electrons. The van der Waals surface area contributed by atoms with E-state index in [4.69, 9.17) is 11.6 Å². The van der Waals surface area contributed by atoms with Crippen molar-refractivity contribution >= 4 is 22.5 Å². The molecular formula is C16H20ClN3O. The molecule has 112 valence electrons. The Morgan fingerprint density at radius 1 is 1.14 bits per heavy atom. The molecule has 1 aliphatic heterocycles. The van der Waals surface area contributed by atoms with E-state index in [2.05, 4.69) is 9.88 Å². The lowest BCUT2D eigenvalue weighted by molar-refractivity contribution is 0.323. The van der Waals surface area contributed by atoms with Crippen LogP contribution < -0.4 is 5.56 Å². The Morgan fingerprint density at radius 2 is 1.90 bits per heavy atom. The second-order valence-corrected chi connectivity index (χ2v) is 5.81. The van der Waals surface area contributed by atoms with Gasteiger partial charge in [-0.2, -0.15) is 0 Å². The molecule has 21 heavy (non-hydrogen) atoms.